The quantitative estimate of drug-likeness (QED) is 0.414. The van der Waals surface area contributed by atoms with Crippen molar-refractivity contribution in [3.8, 4) is 0 Å². The van der Waals surface area contributed by atoms with Crippen LogP contribution in [0.1, 0.15) is 25.0 Å². The molecule has 0 spiro atoms. The molecule has 2 aromatic rings. The number of hydrogen-bond acceptors (Lipinski definition) is 5. The molecule has 1 fully saturated rings. The van der Waals surface area contributed by atoms with Crippen molar-refractivity contribution in [1.82, 2.24) is 15.1 Å². The highest BCUT2D eigenvalue weighted by Gasteiger charge is 2.50. The van der Waals surface area contributed by atoms with Gasteiger partial charge in [0.1, 0.15) is 17.9 Å². The molecule has 1 N–H and O–H groups in total. The summed E-state index contributed by atoms with van der Waals surface area (Å²) in [6, 6.07) is 10.5. The average Bonchev–Trinajstić information content (AvgIpc) is 2.96. The number of carbonyl (C=O) groups is 3. The number of urea groups is 1. The fraction of sp³-hybridized carbons (Fsp3) is 0.286. The van der Waals surface area contributed by atoms with E-state index in [-0.39, 0.29) is 17.8 Å². The Morgan fingerprint density at radius 2 is 1.94 bits per heavy atom. The maximum atomic E-state index is 13.4. The molecule has 0 saturated carbocycles. The average molecular weight is 428 g/mol. The van der Waals surface area contributed by atoms with Crippen LogP contribution in [0.5, 0.6) is 0 Å². The van der Waals surface area contributed by atoms with E-state index in [1.54, 1.807) is 13.0 Å². The molecule has 1 aliphatic heterocycles. The third-order valence-electron chi connectivity index (χ3n) is 5.20. The van der Waals surface area contributed by atoms with Gasteiger partial charge in [0, 0.05) is 25.2 Å². The Labute approximate surface area is 177 Å². The summed E-state index contributed by atoms with van der Waals surface area (Å²) < 4.78 is 13.4. The first-order valence-electron chi connectivity index (χ1n) is 9.57. The Bertz CT molecular complexity index is 1060. The van der Waals surface area contributed by atoms with Gasteiger partial charge in [-0.15, -0.1) is 0 Å². The minimum atomic E-state index is -1.54. The van der Waals surface area contributed by atoms with Crippen LogP contribution in [0.4, 0.5) is 14.9 Å². The molecule has 162 valence electrons. The molecule has 2 aromatic carbocycles. The number of halogens is 1. The van der Waals surface area contributed by atoms with Crippen molar-refractivity contribution in [1.29, 1.82) is 0 Å². The van der Waals surface area contributed by atoms with Crippen LogP contribution in [-0.4, -0.2) is 45.7 Å². The molecule has 9 nitrogen and oxygen atoms in total. The van der Waals surface area contributed by atoms with Gasteiger partial charge in [-0.2, -0.15) is 0 Å². The van der Waals surface area contributed by atoms with E-state index in [9.17, 15) is 28.9 Å². The van der Waals surface area contributed by atoms with Crippen LogP contribution < -0.4 is 5.32 Å². The number of hydrogen-bond donors (Lipinski definition) is 1. The second-order valence-electron chi connectivity index (χ2n) is 7.29. The molecule has 0 bridgehead atoms. The van der Waals surface area contributed by atoms with Gasteiger partial charge in [-0.25, -0.2) is 9.18 Å². The van der Waals surface area contributed by atoms with Crippen molar-refractivity contribution in [3.05, 3.63) is 75.6 Å². The maximum Gasteiger partial charge on any atom is 0.325 e. The summed E-state index contributed by atoms with van der Waals surface area (Å²) in [6.07, 6.45) is 0. The van der Waals surface area contributed by atoms with E-state index >= 15 is 0 Å². The van der Waals surface area contributed by atoms with E-state index in [0.717, 1.165) is 4.90 Å². The van der Waals surface area contributed by atoms with Crippen molar-refractivity contribution >= 4 is 23.5 Å². The van der Waals surface area contributed by atoms with Crippen molar-refractivity contribution in [3.63, 3.8) is 0 Å². The van der Waals surface area contributed by atoms with Crippen LogP contribution in [0.25, 0.3) is 0 Å². The monoisotopic (exact) mass is 428 g/mol. The number of amides is 4. The minimum absolute atomic E-state index is 0.124. The molecule has 31 heavy (non-hydrogen) atoms. The van der Waals surface area contributed by atoms with E-state index < -0.39 is 40.7 Å². The maximum absolute atomic E-state index is 13.4. The highest BCUT2D eigenvalue weighted by atomic mass is 19.1. The number of nitro benzene ring substituents is 1. The summed E-state index contributed by atoms with van der Waals surface area (Å²) in [5.41, 5.74) is -0.943. The van der Waals surface area contributed by atoms with E-state index in [2.05, 4.69) is 5.32 Å². The van der Waals surface area contributed by atoms with Crippen molar-refractivity contribution in [2.75, 3.05) is 13.1 Å². The molecule has 0 radical (unpaired) electrons. The van der Waals surface area contributed by atoms with Crippen LogP contribution >= 0.6 is 0 Å². The predicted octanol–water partition coefficient (Wildman–Crippen LogP) is 2.55. The summed E-state index contributed by atoms with van der Waals surface area (Å²) in [4.78, 5) is 50.9. The number of likely N-dealkylation sites (N-methyl/N-ethyl adjacent to an activating group) is 1. The summed E-state index contributed by atoms with van der Waals surface area (Å²) >= 11 is 0. The first-order valence-corrected chi connectivity index (χ1v) is 9.57. The smallest absolute Gasteiger partial charge is 0.325 e. The molecular formula is C21H21FN4O5. The Morgan fingerprint density at radius 3 is 2.58 bits per heavy atom. The van der Waals surface area contributed by atoms with Crippen LogP contribution in [0.15, 0.2) is 48.5 Å². The standard InChI is InChI=1S/C21H21FN4O5/c1-3-24(12-14-6-4-8-16(22)10-14)18(27)13-25-19(28)21(2,23-20(25)29)15-7-5-9-17(11-15)26(30)31/h4-11H,3,12-13H2,1-2H3,(H,23,29). The SMILES string of the molecule is CCN(Cc1cccc(F)c1)C(=O)CN1C(=O)NC(C)(c2cccc([N+](=O)[O-])c2)C1=O. The number of rotatable bonds is 7. The number of non-ortho nitro benzene ring substituents is 1. The van der Waals surface area contributed by atoms with Gasteiger partial charge in [-0.1, -0.05) is 24.3 Å². The van der Waals surface area contributed by atoms with Crippen LogP contribution in [0, 0.1) is 15.9 Å². The van der Waals surface area contributed by atoms with Crippen molar-refractivity contribution in [2.24, 2.45) is 0 Å². The number of nitrogens with zero attached hydrogens (tertiary/aromatic N) is 3. The Hall–Kier alpha value is -3.82. The van der Waals surface area contributed by atoms with Crippen LogP contribution in [0.3, 0.4) is 0 Å². The second kappa shape index (κ2) is 8.50. The first kappa shape index (κ1) is 21.9. The fourth-order valence-electron chi connectivity index (χ4n) is 3.43. The normalized spacial score (nSPS) is 18.1. The zero-order valence-electron chi connectivity index (χ0n) is 17.0. The van der Waals surface area contributed by atoms with Gasteiger partial charge in [-0.3, -0.25) is 24.6 Å². The molecule has 1 aliphatic rings. The van der Waals surface area contributed by atoms with Gasteiger partial charge in [0.05, 0.1) is 4.92 Å². The lowest BCUT2D eigenvalue weighted by molar-refractivity contribution is -0.385. The second-order valence-corrected chi connectivity index (χ2v) is 7.29. The number of benzene rings is 2. The Kier molecular flexibility index (Phi) is 6.00. The molecule has 1 heterocycles. The first-order chi connectivity index (χ1) is 14.7. The van der Waals surface area contributed by atoms with Crippen molar-refractivity contribution < 1.29 is 23.7 Å². The van der Waals surface area contributed by atoms with E-state index in [4.69, 9.17) is 0 Å². The van der Waals surface area contributed by atoms with E-state index in [0.29, 0.717) is 12.1 Å². The fourth-order valence-corrected chi connectivity index (χ4v) is 3.43. The van der Waals surface area contributed by atoms with Crippen LogP contribution in [0.2, 0.25) is 0 Å². The Balaban J connectivity index is 1.78. The zero-order valence-corrected chi connectivity index (χ0v) is 17.0. The lowest BCUT2D eigenvalue weighted by atomic mass is 9.91. The molecule has 1 atom stereocenters. The van der Waals surface area contributed by atoms with Gasteiger partial charge in [0.25, 0.3) is 11.6 Å². The van der Waals surface area contributed by atoms with Gasteiger partial charge < -0.3 is 10.2 Å². The third kappa shape index (κ3) is 4.37. The molecule has 10 heteroatoms. The van der Waals surface area contributed by atoms with Gasteiger partial charge in [0.15, 0.2) is 0 Å². The lowest BCUT2D eigenvalue weighted by Gasteiger charge is -2.24. The topological polar surface area (TPSA) is 113 Å². The third-order valence-corrected chi connectivity index (χ3v) is 5.20. The molecule has 0 aliphatic carbocycles. The molecule has 1 unspecified atom stereocenters. The van der Waals surface area contributed by atoms with Gasteiger partial charge >= 0.3 is 6.03 Å². The van der Waals surface area contributed by atoms with Crippen LogP contribution in [-0.2, 0) is 21.7 Å². The number of nitro groups is 1. The number of imide groups is 1. The molecule has 3 rings (SSSR count). The molecule has 1 saturated heterocycles. The lowest BCUT2D eigenvalue weighted by Crippen LogP contribution is -2.44. The number of carbonyl (C=O) groups excluding carboxylic acids is 3. The van der Waals surface area contributed by atoms with Crippen molar-refractivity contribution in [2.45, 2.75) is 25.9 Å². The Morgan fingerprint density at radius 1 is 1.23 bits per heavy atom. The predicted molar refractivity (Wildman–Crippen MR) is 108 cm³/mol. The summed E-state index contributed by atoms with van der Waals surface area (Å²) in [7, 11) is 0. The zero-order chi connectivity index (χ0) is 22.8. The summed E-state index contributed by atoms with van der Waals surface area (Å²) in [5.74, 6) is -1.60. The highest BCUT2D eigenvalue weighted by molar-refractivity contribution is 6.09. The highest BCUT2D eigenvalue weighted by Crippen LogP contribution is 2.30. The molecule has 0 aromatic heterocycles. The van der Waals surface area contributed by atoms with E-state index in [1.165, 1.54) is 54.3 Å². The minimum Gasteiger partial charge on any atom is -0.337 e. The molecular weight excluding hydrogens is 407 g/mol. The van der Waals surface area contributed by atoms with Gasteiger partial charge in [0.2, 0.25) is 5.91 Å². The summed E-state index contributed by atoms with van der Waals surface area (Å²) in [6.45, 7) is 3.08. The van der Waals surface area contributed by atoms with Gasteiger partial charge in [-0.05, 0) is 37.1 Å². The molecule has 4 amide bonds. The number of nitrogens with one attached hydrogen (secondary N) is 1. The van der Waals surface area contributed by atoms with E-state index in [1.807, 2.05) is 0 Å². The summed E-state index contributed by atoms with van der Waals surface area (Å²) in [5, 5.41) is 13.6. The largest absolute Gasteiger partial charge is 0.337 e.